The molecule has 0 saturated carbocycles. The Balaban J connectivity index is 1.91. The largest absolute Gasteiger partial charge is 0.387 e. The number of carbonyl (C=O) groups excluding carboxylic acids is 1. The van der Waals surface area contributed by atoms with Crippen LogP contribution in [-0.4, -0.2) is 34.5 Å². The molecule has 0 radical (unpaired) electrons. The molecule has 2 atom stereocenters. The van der Waals surface area contributed by atoms with Crippen LogP contribution in [0.25, 0.3) is 0 Å². The normalized spacial score (nSPS) is 17.8. The summed E-state index contributed by atoms with van der Waals surface area (Å²) in [5.74, 6) is -0.297. The van der Waals surface area contributed by atoms with Gasteiger partial charge < -0.3 is 15.3 Å². The molecule has 2 unspecified atom stereocenters. The lowest BCUT2D eigenvalue weighted by atomic mass is 9.88. The van der Waals surface area contributed by atoms with Gasteiger partial charge in [-0.2, -0.15) is 0 Å². The fourth-order valence-corrected chi connectivity index (χ4v) is 3.14. The summed E-state index contributed by atoms with van der Waals surface area (Å²) < 4.78 is 0. The predicted octanol–water partition coefficient (Wildman–Crippen LogP) is 3.42. The number of hydrogen-bond donors (Lipinski definition) is 2. The van der Waals surface area contributed by atoms with E-state index >= 15 is 0 Å². The van der Waals surface area contributed by atoms with E-state index in [0.29, 0.717) is 30.7 Å². The first kappa shape index (κ1) is 20.2. The topological polar surface area (TPSA) is 70.9 Å². The third-order valence-electron chi connectivity index (χ3n) is 4.48. The second-order valence-electron chi connectivity index (χ2n) is 6.58. The lowest BCUT2D eigenvalue weighted by Gasteiger charge is -2.33. The Kier molecular flexibility index (Phi) is 7.00. The number of rotatable bonds is 9. The van der Waals surface area contributed by atoms with E-state index in [-0.39, 0.29) is 5.91 Å². The number of amides is 1. The summed E-state index contributed by atoms with van der Waals surface area (Å²) in [7, 11) is 0. The molecule has 0 bridgehead atoms. The summed E-state index contributed by atoms with van der Waals surface area (Å²) in [5.41, 5.74) is 0.676. The van der Waals surface area contributed by atoms with Crippen LogP contribution in [0.1, 0.15) is 31.7 Å². The molecule has 0 fully saturated rings. The van der Waals surface area contributed by atoms with Crippen LogP contribution in [0.2, 0.25) is 5.02 Å². The van der Waals surface area contributed by atoms with Crippen LogP contribution >= 0.6 is 11.6 Å². The molecule has 1 aromatic rings. The SMILES string of the molecule is C=CCC(O)(CC=C)C(C)NC(=O)C1CC(Cc2cccc(Cl)c2)=NO1. The molecule has 1 heterocycles. The monoisotopic (exact) mass is 376 g/mol. The van der Waals surface area contributed by atoms with Crippen LogP contribution < -0.4 is 5.32 Å². The molecule has 1 aliphatic heterocycles. The molecule has 6 heteroatoms. The van der Waals surface area contributed by atoms with Crippen LogP contribution in [0.4, 0.5) is 0 Å². The van der Waals surface area contributed by atoms with E-state index in [4.69, 9.17) is 16.4 Å². The molecular weight excluding hydrogens is 352 g/mol. The van der Waals surface area contributed by atoms with Gasteiger partial charge in [-0.05, 0) is 37.5 Å². The van der Waals surface area contributed by atoms with Gasteiger partial charge in [0.2, 0.25) is 6.10 Å². The Labute approximate surface area is 159 Å². The van der Waals surface area contributed by atoms with Gasteiger partial charge in [-0.1, -0.05) is 41.0 Å². The maximum absolute atomic E-state index is 12.5. The molecular formula is C20H25ClN2O3. The molecule has 0 saturated heterocycles. The molecule has 1 aliphatic rings. The molecule has 1 aromatic carbocycles. The van der Waals surface area contributed by atoms with Crippen molar-refractivity contribution in [3.63, 3.8) is 0 Å². The second kappa shape index (κ2) is 9.01. The average molecular weight is 377 g/mol. The summed E-state index contributed by atoms with van der Waals surface area (Å²) in [4.78, 5) is 17.8. The summed E-state index contributed by atoms with van der Waals surface area (Å²) >= 11 is 5.99. The standard InChI is InChI=1S/C20H25ClN2O3/c1-4-9-20(25,10-5-2)14(3)22-19(24)18-13-17(23-26-18)12-15-7-6-8-16(21)11-15/h4-8,11,14,18,25H,1-2,9-10,12-13H2,3H3,(H,22,24). The Morgan fingerprint density at radius 3 is 2.81 bits per heavy atom. The van der Waals surface area contributed by atoms with Gasteiger partial charge >= 0.3 is 0 Å². The minimum Gasteiger partial charge on any atom is -0.387 e. The van der Waals surface area contributed by atoms with Gasteiger partial charge in [0.25, 0.3) is 5.91 Å². The lowest BCUT2D eigenvalue weighted by Crippen LogP contribution is -2.52. The maximum Gasteiger partial charge on any atom is 0.264 e. The molecule has 1 amide bonds. The molecule has 140 valence electrons. The van der Waals surface area contributed by atoms with E-state index in [0.717, 1.165) is 11.3 Å². The number of aliphatic hydroxyl groups is 1. The van der Waals surface area contributed by atoms with Crippen molar-refractivity contribution in [1.29, 1.82) is 0 Å². The predicted molar refractivity (Wildman–Crippen MR) is 104 cm³/mol. The fraction of sp³-hybridized carbons (Fsp3) is 0.400. The Morgan fingerprint density at radius 1 is 1.50 bits per heavy atom. The van der Waals surface area contributed by atoms with Gasteiger partial charge in [-0.3, -0.25) is 4.79 Å². The molecule has 2 rings (SSSR count). The summed E-state index contributed by atoms with van der Waals surface area (Å²) in [5, 5.41) is 18.2. The number of nitrogens with one attached hydrogen (secondary N) is 1. The number of benzene rings is 1. The number of carbonyl (C=O) groups is 1. The van der Waals surface area contributed by atoms with E-state index in [2.05, 4.69) is 23.6 Å². The van der Waals surface area contributed by atoms with Crippen molar-refractivity contribution < 1.29 is 14.7 Å². The fourth-order valence-electron chi connectivity index (χ4n) is 2.93. The van der Waals surface area contributed by atoms with Gasteiger partial charge in [-0.25, -0.2) is 0 Å². The van der Waals surface area contributed by atoms with E-state index in [9.17, 15) is 9.90 Å². The van der Waals surface area contributed by atoms with E-state index < -0.39 is 17.7 Å². The van der Waals surface area contributed by atoms with Gasteiger partial charge in [0, 0.05) is 17.9 Å². The van der Waals surface area contributed by atoms with Crippen molar-refractivity contribution >= 4 is 23.2 Å². The summed E-state index contributed by atoms with van der Waals surface area (Å²) in [6.07, 6.45) is 4.26. The Hall–Kier alpha value is -2.11. The van der Waals surface area contributed by atoms with Crippen molar-refractivity contribution in [3.05, 3.63) is 60.2 Å². The smallest absolute Gasteiger partial charge is 0.264 e. The van der Waals surface area contributed by atoms with E-state index in [1.165, 1.54) is 0 Å². The number of hydrogen-bond acceptors (Lipinski definition) is 4. The number of halogens is 1. The van der Waals surface area contributed by atoms with Gasteiger partial charge in [0.15, 0.2) is 0 Å². The third-order valence-corrected chi connectivity index (χ3v) is 4.72. The van der Waals surface area contributed by atoms with Crippen molar-refractivity contribution in [3.8, 4) is 0 Å². The highest BCUT2D eigenvalue weighted by molar-refractivity contribution is 6.30. The van der Waals surface area contributed by atoms with Crippen LogP contribution in [0.5, 0.6) is 0 Å². The van der Waals surface area contributed by atoms with E-state index in [1.54, 1.807) is 19.1 Å². The van der Waals surface area contributed by atoms with Crippen LogP contribution in [0.3, 0.4) is 0 Å². The third kappa shape index (κ3) is 5.19. The molecule has 5 nitrogen and oxygen atoms in total. The van der Waals surface area contributed by atoms with E-state index in [1.807, 2.05) is 24.3 Å². The molecule has 0 aromatic heterocycles. The van der Waals surface area contributed by atoms with Crippen molar-refractivity contribution in [2.24, 2.45) is 5.16 Å². The summed E-state index contributed by atoms with van der Waals surface area (Å²) in [6, 6.07) is 7.02. The van der Waals surface area contributed by atoms with Crippen LogP contribution in [-0.2, 0) is 16.1 Å². The molecule has 26 heavy (non-hydrogen) atoms. The maximum atomic E-state index is 12.5. The quantitative estimate of drug-likeness (QED) is 0.649. The molecule has 0 spiro atoms. The number of nitrogens with zero attached hydrogens (tertiary/aromatic N) is 1. The molecule has 2 N–H and O–H groups in total. The zero-order chi connectivity index (χ0) is 19.2. The van der Waals surface area contributed by atoms with Crippen LogP contribution in [0, 0.1) is 0 Å². The minimum absolute atomic E-state index is 0.297. The Bertz CT molecular complexity index is 692. The van der Waals surface area contributed by atoms with Gasteiger partial charge in [-0.15, -0.1) is 13.2 Å². The zero-order valence-corrected chi connectivity index (χ0v) is 15.7. The summed E-state index contributed by atoms with van der Waals surface area (Å²) in [6.45, 7) is 9.08. The highest BCUT2D eigenvalue weighted by Crippen LogP contribution is 2.22. The first-order chi connectivity index (χ1) is 12.4. The first-order valence-corrected chi connectivity index (χ1v) is 8.96. The zero-order valence-electron chi connectivity index (χ0n) is 15.0. The van der Waals surface area contributed by atoms with Gasteiger partial charge in [0.05, 0.1) is 17.4 Å². The van der Waals surface area contributed by atoms with Crippen molar-refractivity contribution in [1.82, 2.24) is 5.32 Å². The highest BCUT2D eigenvalue weighted by Gasteiger charge is 2.35. The Morgan fingerprint density at radius 2 is 2.19 bits per heavy atom. The van der Waals surface area contributed by atoms with Gasteiger partial charge in [0.1, 0.15) is 0 Å². The molecule has 0 aliphatic carbocycles. The average Bonchev–Trinajstić information content (AvgIpc) is 3.04. The first-order valence-electron chi connectivity index (χ1n) is 8.58. The highest BCUT2D eigenvalue weighted by atomic mass is 35.5. The number of oxime groups is 1. The van der Waals surface area contributed by atoms with Crippen molar-refractivity contribution in [2.75, 3.05) is 0 Å². The van der Waals surface area contributed by atoms with Crippen molar-refractivity contribution in [2.45, 2.75) is 50.4 Å². The van der Waals surface area contributed by atoms with Crippen LogP contribution in [0.15, 0.2) is 54.7 Å². The second-order valence-corrected chi connectivity index (χ2v) is 7.02. The lowest BCUT2D eigenvalue weighted by molar-refractivity contribution is -0.134. The minimum atomic E-state index is -1.12.